The maximum Gasteiger partial charge on any atom is 0.490 e. The van der Waals surface area contributed by atoms with E-state index in [1.54, 1.807) is 10.6 Å². The van der Waals surface area contributed by atoms with Crippen LogP contribution in [0, 0.1) is 0 Å². The highest BCUT2D eigenvalue weighted by Gasteiger charge is 2.43. The number of ketones is 1. The van der Waals surface area contributed by atoms with Crippen LogP contribution in [0.1, 0.15) is 23.0 Å². The minimum absolute atomic E-state index is 0.0118. The highest BCUT2D eigenvalue weighted by atomic mass is 32.2. The largest absolute Gasteiger partial charge is 0.490 e. The normalized spacial score (nSPS) is 21.4. The molecule has 3 aromatic heterocycles. The maximum absolute atomic E-state index is 12.8. The molecule has 1 aromatic carbocycles. The first kappa shape index (κ1) is 33.3. The van der Waals surface area contributed by atoms with Crippen LogP contribution >= 0.6 is 35.2 Å². The molecule has 0 bridgehead atoms. The van der Waals surface area contributed by atoms with Gasteiger partial charge in [-0.25, -0.2) is 28.6 Å². The van der Waals surface area contributed by atoms with E-state index in [2.05, 4.69) is 38.1 Å². The molecule has 5 N–H and O–H groups in total. The third kappa shape index (κ3) is 8.04. The molecule has 3 unspecified atom stereocenters. The summed E-state index contributed by atoms with van der Waals surface area (Å²) in [4.78, 5) is 65.1. The molecule has 25 heteroatoms. The number of ether oxygens (including phenoxy) is 1. The Labute approximate surface area is 254 Å². The number of nitrogens with zero attached hydrogens (tertiary/aromatic N) is 8. The van der Waals surface area contributed by atoms with Crippen LogP contribution in [0.5, 0.6) is 0 Å². The molecule has 1 fully saturated rings. The van der Waals surface area contributed by atoms with Crippen LogP contribution in [0.2, 0.25) is 0 Å². The standard InChI is InChI=1S/C20H21N8O13P3S/c21-26-25-12-3-1-11(2-4-12)14(30)9-45-20-24-19-17(18-22-5-6-27(18)20)23-10-28(19)16-7-13(29)15(39-16)8-38-43(34,35)41-44(36,37)40-42(31,32)33/h1-6,10,13,15-16,29H,7-9H2,(H,34,35)(H,36,37)(H2,31,32,33)/t13-,15+,16?/m0/s1. The fourth-order valence-electron chi connectivity index (χ4n) is 4.20. The highest BCUT2D eigenvalue weighted by molar-refractivity contribution is 7.99. The van der Waals surface area contributed by atoms with Gasteiger partial charge in [-0.15, -0.1) is 0 Å². The Hall–Kier alpha value is -3.03. The van der Waals surface area contributed by atoms with Gasteiger partial charge in [0.05, 0.1) is 24.8 Å². The Morgan fingerprint density at radius 1 is 1.11 bits per heavy atom. The number of phosphoric ester groups is 1. The average molecular weight is 706 g/mol. The molecule has 0 amide bonds. The van der Waals surface area contributed by atoms with Crippen molar-refractivity contribution in [2.45, 2.75) is 30.0 Å². The Balaban J connectivity index is 1.30. The molecule has 1 aliphatic rings. The molecule has 240 valence electrons. The van der Waals surface area contributed by atoms with Gasteiger partial charge in [0.2, 0.25) is 0 Å². The molecule has 0 aliphatic carbocycles. The SMILES string of the molecule is [N-]=[N+]=Nc1ccc(C(=O)CSc2nc3c(ncn3C3C[C@H](O)[C@@H](COP(=O)(O)OP(=O)(O)OP(=O)(O)O)O3)c3nccn23)cc1. The first-order chi connectivity index (χ1) is 21.1. The molecule has 45 heavy (non-hydrogen) atoms. The van der Waals surface area contributed by atoms with Gasteiger partial charge in [0, 0.05) is 35.0 Å². The van der Waals surface area contributed by atoms with Crippen molar-refractivity contribution < 1.29 is 61.1 Å². The molecule has 0 saturated carbocycles. The van der Waals surface area contributed by atoms with E-state index in [0.717, 1.165) is 11.8 Å². The van der Waals surface area contributed by atoms with Crippen LogP contribution in [0.15, 0.2) is 53.3 Å². The summed E-state index contributed by atoms with van der Waals surface area (Å²) in [7, 11) is -16.7. The van der Waals surface area contributed by atoms with Crippen LogP contribution in [0.4, 0.5) is 5.69 Å². The van der Waals surface area contributed by atoms with Gasteiger partial charge in [-0.1, -0.05) is 41.1 Å². The van der Waals surface area contributed by atoms with Crippen molar-refractivity contribution in [3.05, 3.63) is 59.0 Å². The van der Waals surface area contributed by atoms with Crippen LogP contribution in [-0.2, 0) is 31.6 Å². The molecule has 0 radical (unpaired) electrons. The number of azide groups is 1. The molecule has 5 rings (SSSR count). The predicted octanol–water partition coefficient (Wildman–Crippen LogP) is 2.99. The van der Waals surface area contributed by atoms with Gasteiger partial charge in [0.1, 0.15) is 12.3 Å². The van der Waals surface area contributed by atoms with Crippen molar-refractivity contribution >= 4 is 63.5 Å². The number of aliphatic hydroxyl groups excluding tert-OH is 1. The number of carbonyl (C=O) groups is 1. The second kappa shape index (κ2) is 13.0. The second-order valence-electron chi connectivity index (χ2n) is 9.11. The lowest BCUT2D eigenvalue weighted by atomic mass is 10.1. The monoisotopic (exact) mass is 706 g/mol. The zero-order valence-electron chi connectivity index (χ0n) is 22.2. The second-order valence-corrected chi connectivity index (χ2v) is 14.5. The van der Waals surface area contributed by atoms with E-state index in [9.17, 15) is 33.4 Å². The molecule has 4 heterocycles. The van der Waals surface area contributed by atoms with E-state index in [-0.39, 0.29) is 23.6 Å². The van der Waals surface area contributed by atoms with Crippen molar-refractivity contribution in [1.82, 2.24) is 23.9 Å². The Morgan fingerprint density at radius 3 is 2.53 bits per heavy atom. The van der Waals surface area contributed by atoms with Gasteiger partial charge in [-0.2, -0.15) is 8.62 Å². The number of hydrogen-bond donors (Lipinski definition) is 5. The molecule has 4 aromatic rings. The summed E-state index contributed by atoms with van der Waals surface area (Å²) in [6, 6.07) is 6.10. The van der Waals surface area contributed by atoms with Gasteiger partial charge in [0.15, 0.2) is 27.8 Å². The zero-order valence-corrected chi connectivity index (χ0v) is 25.7. The van der Waals surface area contributed by atoms with Crippen molar-refractivity contribution in [2.24, 2.45) is 5.11 Å². The van der Waals surface area contributed by atoms with Crippen molar-refractivity contribution in [1.29, 1.82) is 0 Å². The summed E-state index contributed by atoms with van der Waals surface area (Å²) in [6.45, 7) is -0.848. The van der Waals surface area contributed by atoms with E-state index in [1.165, 1.54) is 41.4 Å². The number of aromatic nitrogens is 5. The van der Waals surface area contributed by atoms with Gasteiger partial charge < -0.3 is 29.4 Å². The third-order valence-electron chi connectivity index (χ3n) is 6.04. The minimum Gasteiger partial charge on any atom is -0.390 e. The van der Waals surface area contributed by atoms with E-state index < -0.39 is 48.5 Å². The summed E-state index contributed by atoms with van der Waals surface area (Å²) < 4.78 is 55.2. The van der Waals surface area contributed by atoms with Crippen LogP contribution in [0.25, 0.3) is 27.3 Å². The van der Waals surface area contributed by atoms with E-state index in [0.29, 0.717) is 27.6 Å². The third-order valence-corrected chi connectivity index (χ3v) is 10.8. The van der Waals surface area contributed by atoms with Crippen LogP contribution < -0.4 is 0 Å². The summed E-state index contributed by atoms with van der Waals surface area (Å²) in [6.07, 6.45) is 0.958. The number of carbonyl (C=O) groups excluding carboxylic acids is 1. The molecule has 21 nitrogen and oxygen atoms in total. The van der Waals surface area contributed by atoms with E-state index in [4.69, 9.17) is 20.1 Å². The van der Waals surface area contributed by atoms with E-state index >= 15 is 0 Å². The lowest BCUT2D eigenvalue weighted by Gasteiger charge is -2.19. The van der Waals surface area contributed by atoms with E-state index in [1.807, 2.05) is 0 Å². The summed E-state index contributed by atoms with van der Waals surface area (Å²) in [5.41, 5.74) is 10.3. The number of phosphoric acid groups is 3. The quantitative estimate of drug-likeness (QED) is 0.0254. The molecule has 1 aliphatic heterocycles. The Bertz CT molecular complexity index is 1940. The van der Waals surface area contributed by atoms with Gasteiger partial charge >= 0.3 is 23.5 Å². The van der Waals surface area contributed by atoms with Gasteiger partial charge in [-0.05, 0) is 5.53 Å². The molecule has 0 spiro atoms. The number of aliphatic hydroxyl groups is 1. The van der Waals surface area contributed by atoms with Crippen LogP contribution in [0.3, 0.4) is 0 Å². The number of rotatable bonds is 13. The van der Waals surface area contributed by atoms with Crippen molar-refractivity contribution in [3.63, 3.8) is 0 Å². The van der Waals surface area contributed by atoms with Gasteiger partial charge in [-0.3, -0.25) is 18.3 Å². The highest BCUT2D eigenvalue weighted by Crippen LogP contribution is 2.66. The fraction of sp³-hybridized carbons (Fsp3) is 0.300. The summed E-state index contributed by atoms with van der Waals surface area (Å²) >= 11 is 1.11. The summed E-state index contributed by atoms with van der Waals surface area (Å²) in [5.74, 6) is -0.237. The number of Topliss-reactive ketones (excluding diaryl/α,β-unsaturated/α-hetero) is 1. The first-order valence-corrected chi connectivity index (χ1v) is 17.8. The number of benzene rings is 1. The number of imidazole rings is 2. The number of hydrogen-bond acceptors (Lipinski definition) is 14. The number of thioether (sulfide) groups is 1. The Kier molecular flexibility index (Phi) is 9.63. The topological polar surface area (TPSA) is 303 Å². The van der Waals surface area contributed by atoms with Crippen LogP contribution in [-0.4, -0.2) is 79.0 Å². The molecular weight excluding hydrogens is 685 g/mol. The fourth-order valence-corrected chi connectivity index (χ4v) is 8.09. The summed E-state index contributed by atoms with van der Waals surface area (Å²) in [5, 5.41) is 14.4. The van der Waals surface area contributed by atoms with Crippen molar-refractivity contribution in [2.75, 3.05) is 12.4 Å². The Morgan fingerprint density at radius 2 is 1.84 bits per heavy atom. The first-order valence-electron chi connectivity index (χ1n) is 12.3. The average Bonchev–Trinajstić information content (AvgIpc) is 3.67. The number of fused-ring (bicyclic) bond motifs is 3. The molecule has 5 atom stereocenters. The lowest BCUT2D eigenvalue weighted by Crippen LogP contribution is -2.26. The van der Waals surface area contributed by atoms with Crippen molar-refractivity contribution in [3.8, 4) is 0 Å². The molecule has 1 saturated heterocycles. The zero-order chi connectivity index (χ0) is 32.6. The smallest absolute Gasteiger partial charge is 0.390 e. The van der Waals surface area contributed by atoms with Gasteiger partial charge in [0.25, 0.3) is 0 Å². The lowest BCUT2D eigenvalue weighted by molar-refractivity contribution is -0.0423. The molecular formula is C20H21N8O13P3S. The minimum atomic E-state index is -5.72. The maximum atomic E-state index is 12.8. The predicted molar refractivity (Wildman–Crippen MR) is 151 cm³/mol.